The molecular weight excluding hydrogens is 296 g/mol. The fraction of sp³-hybridized carbons (Fsp3) is 0.588. The molecule has 0 unspecified atom stereocenters. The second-order valence-electron chi connectivity index (χ2n) is 6.90. The minimum absolute atomic E-state index is 0.246. The van der Waals surface area contributed by atoms with Crippen molar-refractivity contribution in [1.29, 1.82) is 0 Å². The number of benzene rings is 1. The summed E-state index contributed by atoms with van der Waals surface area (Å²) in [4.78, 5) is 13.6. The van der Waals surface area contributed by atoms with Crippen molar-refractivity contribution in [3.05, 3.63) is 23.8 Å². The number of carbonyl (C=O) groups is 1. The van der Waals surface area contributed by atoms with Gasteiger partial charge in [0.25, 0.3) is 0 Å². The molecule has 1 saturated heterocycles. The quantitative estimate of drug-likeness (QED) is 0.925. The van der Waals surface area contributed by atoms with Gasteiger partial charge in [0.15, 0.2) is 11.5 Å². The van der Waals surface area contributed by atoms with Gasteiger partial charge in [-0.15, -0.1) is 0 Å². The number of carbonyl (C=O) groups excluding carboxylic acids is 1. The summed E-state index contributed by atoms with van der Waals surface area (Å²) in [6.07, 6.45) is -0.246. The zero-order valence-corrected chi connectivity index (χ0v) is 13.9. The fourth-order valence-corrected chi connectivity index (χ4v) is 2.61. The molecule has 2 aliphatic rings. The lowest BCUT2D eigenvalue weighted by Crippen LogP contribution is -2.60. The molecule has 0 aliphatic carbocycles. The molecule has 23 heavy (non-hydrogen) atoms. The van der Waals surface area contributed by atoms with Gasteiger partial charge in [-0.2, -0.15) is 0 Å². The van der Waals surface area contributed by atoms with Crippen LogP contribution in [0.25, 0.3) is 0 Å². The predicted octanol–water partition coefficient (Wildman–Crippen LogP) is 2.17. The largest absolute Gasteiger partial charge is 0.486 e. The highest BCUT2D eigenvalue weighted by Crippen LogP contribution is 2.33. The molecule has 0 radical (unpaired) electrons. The minimum Gasteiger partial charge on any atom is -0.486 e. The van der Waals surface area contributed by atoms with Crippen molar-refractivity contribution in [2.24, 2.45) is 0 Å². The second-order valence-corrected chi connectivity index (χ2v) is 6.90. The molecule has 0 saturated carbocycles. The molecule has 0 aromatic heterocycles. The van der Waals surface area contributed by atoms with Crippen LogP contribution in [-0.2, 0) is 11.3 Å². The Bertz CT molecular complexity index is 576. The van der Waals surface area contributed by atoms with Crippen molar-refractivity contribution < 1.29 is 19.0 Å². The van der Waals surface area contributed by atoms with Gasteiger partial charge in [0.2, 0.25) is 0 Å². The first-order chi connectivity index (χ1) is 10.9. The second kappa shape index (κ2) is 6.28. The summed E-state index contributed by atoms with van der Waals surface area (Å²) in [5, 5.41) is 3.45. The van der Waals surface area contributed by atoms with Gasteiger partial charge in [0.1, 0.15) is 18.8 Å². The van der Waals surface area contributed by atoms with Gasteiger partial charge in [-0.25, -0.2) is 4.79 Å². The molecule has 6 nitrogen and oxygen atoms in total. The first-order valence-electron chi connectivity index (χ1n) is 8.01. The SMILES string of the molecule is CC(C)(C)OC(=O)N1CC(NCc2cccc3c2OCCO3)C1. The van der Waals surface area contributed by atoms with Gasteiger partial charge in [-0.3, -0.25) is 0 Å². The standard InChI is InChI=1S/C17H24N2O4/c1-17(2,3)23-16(20)19-10-13(11-19)18-9-12-5-4-6-14-15(12)22-8-7-21-14/h4-6,13,18H,7-11H2,1-3H3. The summed E-state index contributed by atoms with van der Waals surface area (Å²) in [5.74, 6) is 1.63. The number of hydrogen-bond donors (Lipinski definition) is 1. The minimum atomic E-state index is -0.448. The van der Waals surface area contributed by atoms with Crippen molar-refractivity contribution in [3.8, 4) is 11.5 Å². The van der Waals surface area contributed by atoms with E-state index in [1.165, 1.54) is 0 Å². The number of nitrogens with zero attached hydrogens (tertiary/aromatic N) is 1. The van der Waals surface area contributed by atoms with Crippen molar-refractivity contribution in [3.63, 3.8) is 0 Å². The van der Waals surface area contributed by atoms with Gasteiger partial charge < -0.3 is 24.4 Å². The van der Waals surface area contributed by atoms with Gasteiger partial charge >= 0.3 is 6.09 Å². The van der Waals surface area contributed by atoms with E-state index in [1.54, 1.807) is 4.90 Å². The van der Waals surface area contributed by atoms with Crippen molar-refractivity contribution >= 4 is 6.09 Å². The zero-order valence-electron chi connectivity index (χ0n) is 13.9. The third-order valence-corrected chi connectivity index (χ3v) is 3.76. The summed E-state index contributed by atoms with van der Waals surface area (Å²) in [6, 6.07) is 6.21. The number of fused-ring (bicyclic) bond motifs is 1. The molecule has 1 fully saturated rings. The molecule has 6 heteroatoms. The van der Waals surface area contributed by atoms with Crippen molar-refractivity contribution in [2.75, 3.05) is 26.3 Å². The highest BCUT2D eigenvalue weighted by molar-refractivity contribution is 5.69. The Balaban J connectivity index is 1.47. The van der Waals surface area contributed by atoms with E-state index < -0.39 is 5.60 Å². The van der Waals surface area contributed by atoms with E-state index >= 15 is 0 Å². The summed E-state index contributed by atoms with van der Waals surface area (Å²) < 4.78 is 16.6. The molecular formula is C17H24N2O4. The summed E-state index contributed by atoms with van der Waals surface area (Å²) >= 11 is 0. The Morgan fingerprint density at radius 3 is 2.78 bits per heavy atom. The van der Waals surface area contributed by atoms with E-state index in [2.05, 4.69) is 5.32 Å². The van der Waals surface area contributed by atoms with Gasteiger partial charge in [-0.1, -0.05) is 12.1 Å². The van der Waals surface area contributed by atoms with Gasteiger partial charge in [-0.05, 0) is 26.8 Å². The van der Waals surface area contributed by atoms with E-state index in [4.69, 9.17) is 14.2 Å². The van der Waals surface area contributed by atoms with Crippen LogP contribution >= 0.6 is 0 Å². The number of likely N-dealkylation sites (tertiary alicyclic amines) is 1. The molecule has 2 heterocycles. The van der Waals surface area contributed by atoms with Crippen LogP contribution < -0.4 is 14.8 Å². The van der Waals surface area contributed by atoms with E-state index in [0.29, 0.717) is 32.8 Å². The number of para-hydroxylation sites is 1. The van der Waals surface area contributed by atoms with Crippen LogP contribution in [0.4, 0.5) is 4.79 Å². The Labute approximate surface area is 136 Å². The van der Waals surface area contributed by atoms with Crippen molar-refractivity contribution in [2.45, 2.75) is 39.0 Å². The average Bonchev–Trinajstić information content (AvgIpc) is 2.44. The summed E-state index contributed by atoms with van der Waals surface area (Å²) in [6.45, 7) is 8.84. The lowest BCUT2D eigenvalue weighted by Gasteiger charge is -2.40. The molecule has 1 N–H and O–H groups in total. The first-order valence-corrected chi connectivity index (χ1v) is 8.01. The molecule has 2 aliphatic heterocycles. The molecule has 1 amide bonds. The maximum atomic E-state index is 11.9. The van der Waals surface area contributed by atoms with Crippen molar-refractivity contribution in [1.82, 2.24) is 10.2 Å². The average molecular weight is 320 g/mol. The zero-order chi connectivity index (χ0) is 16.4. The number of ether oxygens (including phenoxy) is 3. The molecule has 126 valence electrons. The van der Waals surface area contributed by atoms with Crippen LogP contribution in [0.2, 0.25) is 0 Å². The molecule has 3 rings (SSSR count). The number of hydrogen-bond acceptors (Lipinski definition) is 5. The van der Waals surface area contributed by atoms with Crippen LogP contribution in [0.5, 0.6) is 11.5 Å². The Hall–Kier alpha value is -1.95. The summed E-state index contributed by atoms with van der Waals surface area (Å²) in [5.41, 5.74) is 0.633. The number of amides is 1. The Morgan fingerprint density at radius 1 is 1.30 bits per heavy atom. The maximum absolute atomic E-state index is 11.9. The van der Waals surface area contributed by atoms with Crippen LogP contribution in [0.15, 0.2) is 18.2 Å². The predicted molar refractivity (Wildman–Crippen MR) is 85.9 cm³/mol. The molecule has 0 atom stereocenters. The van der Waals surface area contributed by atoms with Crippen LogP contribution in [-0.4, -0.2) is 48.9 Å². The Morgan fingerprint density at radius 2 is 2.04 bits per heavy atom. The highest BCUT2D eigenvalue weighted by atomic mass is 16.6. The highest BCUT2D eigenvalue weighted by Gasteiger charge is 2.33. The number of rotatable bonds is 3. The van der Waals surface area contributed by atoms with Crippen LogP contribution in [0.3, 0.4) is 0 Å². The normalized spacial score (nSPS) is 17.6. The third-order valence-electron chi connectivity index (χ3n) is 3.76. The van der Waals surface area contributed by atoms with Gasteiger partial charge in [0.05, 0.1) is 0 Å². The first kappa shape index (κ1) is 15.9. The smallest absolute Gasteiger partial charge is 0.410 e. The lowest BCUT2D eigenvalue weighted by atomic mass is 10.1. The number of nitrogens with one attached hydrogen (secondary N) is 1. The van der Waals surface area contributed by atoms with E-state index in [-0.39, 0.29) is 12.1 Å². The van der Waals surface area contributed by atoms with Crippen LogP contribution in [0.1, 0.15) is 26.3 Å². The lowest BCUT2D eigenvalue weighted by molar-refractivity contribution is 0.00515. The fourth-order valence-electron chi connectivity index (χ4n) is 2.61. The Kier molecular flexibility index (Phi) is 4.35. The molecule has 0 spiro atoms. The van der Waals surface area contributed by atoms with E-state index in [1.807, 2.05) is 39.0 Å². The summed E-state index contributed by atoms with van der Waals surface area (Å²) in [7, 11) is 0. The third kappa shape index (κ3) is 3.88. The molecule has 1 aromatic carbocycles. The van der Waals surface area contributed by atoms with Gasteiger partial charge in [0, 0.05) is 31.2 Å². The monoisotopic (exact) mass is 320 g/mol. The topological polar surface area (TPSA) is 60.0 Å². The molecule has 1 aromatic rings. The molecule has 0 bridgehead atoms. The maximum Gasteiger partial charge on any atom is 0.410 e. The van der Waals surface area contributed by atoms with Crippen LogP contribution in [0, 0.1) is 0 Å². The van der Waals surface area contributed by atoms with E-state index in [9.17, 15) is 4.79 Å². The van der Waals surface area contributed by atoms with E-state index in [0.717, 1.165) is 17.1 Å².